The van der Waals surface area contributed by atoms with Crippen LogP contribution < -0.4 is 10.2 Å². The van der Waals surface area contributed by atoms with Gasteiger partial charge in [0.2, 0.25) is 11.8 Å². The molecule has 1 N–H and O–H groups in total. The van der Waals surface area contributed by atoms with Crippen LogP contribution in [0.5, 0.6) is 0 Å². The van der Waals surface area contributed by atoms with E-state index in [1.807, 2.05) is 24.3 Å². The summed E-state index contributed by atoms with van der Waals surface area (Å²) in [5.41, 5.74) is 1.81. The highest BCUT2D eigenvalue weighted by molar-refractivity contribution is 6.01. The molecule has 122 valence electrons. The van der Waals surface area contributed by atoms with Gasteiger partial charge in [0.1, 0.15) is 12.3 Å². The van der Waals surface area contributed by atoms with Crippen molar-refractivity contribution >= 4 is 23.3 Å². The lowest BCUT2D eigenvalue weighted by molar-refractivity contribution is -0.120. The number of nitrogens with zero attached hydrogens (tertiary/aromatic N) is 2. The molecule has 0 saturated heterocycles. The topological polar surface area (TPSA) is 75.4 Å². The molecule has 1 aromatic carbocycles. The number of benzene rings is 1. The highest BCUT2D eigenvalue weighted by Gasteiger charge is 2.19. The molecule has 2 rings (SSSR count). The van der Waals surface area contributed by atoms with E-state index in [0.29, 0.717) is 11.6 Å². The van der Waals surface area contributed by atoms with E-state index in [1.165, 1.54) is 11.8 Å². The Labute approximate surface area is 135 Å². The van der Waals surface area contributed by atoms with Crippen molar-refractivity contribution in [3.05, 3.63) is 41.7 Å². The van der Waals surface area contributed by atoms with Crippen molar-refractivity contribution in [3.63, 3.8) is 0 Å². The molecule has 23 heavy (non-hydrogen) atoms. The van der Waals surface area contributed by atoms with E-state index >= 15 is 0 Å². The second-order valence-electron chi connectivity index (χ2n) is 5.69. The molecule has 0 unspecified atom stereocenters. The molecule has 6 heteroatoms. The number of anilines is 2. The monoisotopic (exact) mass is 315 g/mol. The molecule has 0 saturated carbocycles. The third-order valence-corrected chi connectivity index (χ3v) is 3.43. The Morgan fingerprint density at radius 2 is 2.00 bits per heavy atom. The summed E-state index contributed by atoms with van der Waals surface area (Å²) in [6.07, 6.45) is 0. The SMILES string of the molecule is CC(=O)N(CC(=O)Nc1ccccc1C(C)C)c1cc(C)on1. The third-order valence-electron chi connectivity index (χ3n) is 3.43. The zero-order valence-corrected chi connectivity index (χ0v) is 13.8. The van der Waals surface area contributed by atoms with Crippen LogP contribution in [0.15, 0.2) is 34.9 Å². The molecule has 6 nitrogen and oxygen atoms in total. The second-order valence-corrected chi connectivity index (χ2v) is 5.69. The number of carbonyl (C=O) groups excluding carboxylic acids is 2. The predicted molar refractivity (Wildman–Crippen MR) is 88.4 cm³/mol. The Kier molecular flexibility index (Phi) is 5.16. The normalized spacial score (nSPS) is 10.7. The van der Waals surface area contributed by atoms with Crippen LogP contribution in [0.3, 0.4) is 0 Å². The first-order valence-electron chi connectivity index (χ1n) is 7.48. The number of nitrogens with one attached hydrogen (secondary N) is 1. The van der Waals surface area contributed by atoms with E-state index < -0.39 is 0 Å². The Balaban J connectivity index is 2.13. The van der Waals surface area contributed by atoms with Crippen molar-refractivity contribution in [2.45, 2.75) is 33.6 Å². The van der Waals surface area contributed by atoms with Crippen LogP contribution in [-0.4, -0.2) is 23.5 Å². The van der Waals surface area contributed by atoms with Crippen molar-refractivity contribution in [3.8, 4) is 0 Å². The maximum absolute atomic E-state index is 12.3. The number of amides is 2. The van der Waals surface area contributed by atoms with Gasteiger partial charge in [0.15, 0.2) is 5.82 Å². The van der Waals surface area contributed by atoms with Gasteiger partial charge in [0.25, 0.3) is 0 Å². The van der Waals surface area contributed by atoms with E-state index in [0.717, 1.165) is 11.3 Å². The zero-order chi connectivity index (χ0) is 17.0. The van der Waals surface area contributed by atoms with Gasteiger partial charge in [-0.15, -0.1) is 0 Å². The van der Waals surface area contributed by atoms with Crippen molar-refractivity contribution in [1.29, 1.82) is 0 Å². The van der Waals surface area contributed by atoms with Crippen molar-refractivity contribution < 1.29 is 14.1 Å². The summed E-state index contributed by atoms with van der Waals surface area (Å²) in [6.45, 7) is 7.12. The number of hydrogen-bond acceptors (Lipinski definition) is 4. The maximum atomic E-state index is 12.3. The van der Waals surface area contributed by atoms with Gasteiger partial charge in [-0.1, -0.05) is 37.2 Å². The van der Waals surface area contributed by atoms with Gasteiger partial charge >= 0.3 is 0 Å². The molecule has 2 amide bonds. The first kappa shape index (κ1) is 16.7. The first-order valence-corrected chi connectivity index (χ1v) is 7.48. The minimum absolute atomic E-state index is 0.117. The number of rotatable bonds is 5. The molecule has 0 aliphatic heterocycles. The first-order chi connectivity index (χ1) is 10.9. The molecule has 0 aliphatic carbocycles. The molecule has 0 radical (unpaired) electrons. The summed E-state index contributed by atoms with van der Waals surface area (Å²) < 4.78 is 4.97. The van der Waals surface area contributed by atoms with Gasteiger partial charge in [-0.25, -0.2) is 0 Å². The molecule has 0 aliphatic rings. The molecule has 2 aromatic rings. The summed E-state index contributed by atoms with van der Waals surface area (Å²) in [5.74, 6) is 0.646. The molecule has 0 bridgehead atoms. The molecule has 0 spiro atoms. The Morgan fingerprint density at radius 1 is 1.30 bits per heavy atom. The summed E-state index contributed by atoms with van der Waals surface area (Å²) in [5, 5.41) is 6.66. The van der Waals surface area contributed by atoms with Crippen LogP contribution in [0.25, 0.3) is 0 Å². The van der Waals surface area contributed by atoms with E-state index in [1.54, 1.807) is 13.0 Å². The molecule has 0 fully saturated rings. The van der Waals surface area contributed by atoms with Crippen LogP contribution in [-0.2, 0) is 9.59 Å². The molecule has 1 aromatic heterocycles. The van der Waals surface area contributed by atoms with E-state index in [4.69, 9.17) is 4.52 Å². The minimum atomic E-state index is -0.283. The summed E-state index contributed by atoms with van der Waals surface area (Å²) >= 11 is 0. The molecule has 0 atom stereocenters. The average molecular weight is 315 g/mol. The summed E-state index contributed by atoms with van der Waals surface area (Å²) in [4.78, 5) is 25.4. The van der Waals surface area contributed by atoms with Gasteiger partial charge in [0.05, 0.1) is 0 Å². The zero-order valence-electron chi connectivity index (χ0n) is 13.8. The van der Waals surface area contributed by atoms with Gasteiger partial charge in [-0.2, -0.15) is 0 Å². The smallest absolute Gasteiger partial charge is 0.244 e. The lowest BCUT2D eigenvalue weighted by atomic mass is 10.0. The fourth-order valence-electron chi connectivity index (χ4n) is 2.28. The summed E-state index contributed by atoms with van der Waals surface area (Å²) in [6, 6.07) is 9.25. The number of aromatic nitrogens is 1. The van der Waals surface area contributed by atoms with Crippen LogP contribution in [0.1, 0.15) is 38.0 Å². The largest absolute Gasteiger partial charge is 0.360 e. The lowest BCUT2D eigenvalue weighted by Gasteiger charge is -2.18. The number of aryl methyl sites for hydroxylation is 1. The number of para-hydroxylation sites is 1. The Morgan fingerprint density at radius 3 is 2.57 bits per heavy atom. The maximum Gasteiger partial charge on any atom is 0.244 e. The standard InChI is InChI=1S/C17H21N3O3/c1-11(2)14-7-5-6-8-15(14)18-17(22)10-20(13(4)21)16-9-12(3)23-19-16/h5-9,11H,10H2,1-4H3,(H,18,22). The van der Waals surface area contributed by atoms with Crippen molar-refractivity contribution in [2.24, 2.45) is 0 Å². The van der Waals surface area contributed by atoms with Gasteiger partial charge in [0, 0.05) is 18.7 Å². The van der Waals surface area contributed by atoms with E-state index in [2.05, 4.69) is 24.3 Å². The fourth-order valence-corrected chi connectivity index (χ4v) is 2.28. The van der Waals surface area contributed by atoms with Crippen molar-refractivity contribution in [1.82, 2.24) is 5.16 Å². The lowest BCUT2D eigenvalue weighted by Crippen LogP contribution is -2.37. The van der Waals surface area contributed by atoms with Crippen LogP contribution in [0, 0.1) is 6.92 Å². The molecular formula is C17H21N3O3. The van der Waals surface area contributed by atoms with Gasteiger partial charge in [-0.3, -0.25) is 14.5 Å². The van der Waals surface area contributed by atoms with Gasteiger partial charge < -0.3 is 9.84 Å². The van der Waals surface area contributed by atoms with E-state index in [9.17, 15) is 9.59 Å². The third kappa shape index (κ3) is 4.18. The molecule has 1 heterocycles. The number of hydrogen-bond donors (Lipinski definition) is 1. The van der Waals surface area contributed by atoms with Gasteiger partial charge in [-0.05, 0) is 24.5 Å². The van der Waals surface area contributed by atoms with Crippen LogP contribution in [0.2, 0.25) is 0 Å². The highest BCUT2D eigenvalue weighted by Crippen LogP contribution is 2.23. The fraction of sp³-hybridized carbons (Fsp3) is 0.353. The highest BCUT2D eigenvalue weighted by atomic mass is 16.5. The summed E-state index contributed by atoms with van der Waals surface area (Å²) in [7, 11) is 0. The molecular weight excluding hydrogens is 294 g/mol. The Hall–Kier alpha value is -2.63. The van der Waals surface area contributed by atoms with Crippen molar-refractivity contribution in [2.75, 3.05) is 16.8 Å². The quantitative estimate of drug-likeness (QED) is 0.920. The average Bonchev–Trinajstić information content (AvgIpc) is 2.91. The number of carbonyl (C=O) groups is 2. The predicted octanol–water partition coefficient (Wildman–Crippen LogP) is 3.10. The second kappa shape index (κ2) is 7.09. The van der Waals surface area contributed by atoms with E-state index in [-0.39, 0.29) is 24.3 Å². The van der Waals surface area contributed by atoms with Crippen LogP contribution in [0.4, 0.5) is 11.5 Å². The minimum Gasteiger partial charge on any atom is -0.360 e. The van der Waals surface area contributed by atoms with Crippen LogP contribution >= 0.6 is 0 Å². The Bertz CT molecular complexity index is 707.